The molecule has 2 aromatic rings. The fourth-order valence-electron chi connectivity index (χ4n) is 3.74. The zero-order chi connectivity index (χ0) is 18.1. The number of hydrogen-bond acceptors (Lipinski definition) is 4. The molecule has 0 aliphatic heterocycles. The van der Waals surface area contributed by atoms with Gasteiger partial charge in [-0.15, -0.1) is 11.3 Å². The van der Waals surface area contributed by atoms with E-state index in [1.54, 1.807) is 4.57 Å². The molecule has 0 saturated heterocycles. The molecule has 1 aliphatic carbocycles. The number of carbonyl (C=O) groups is 1. The van der Waals surface area contributed by atoms with E-state index in [1.807, 2.05) is 0 Å². The van der Waals surface area contributed by atoms with E-state index < -0.39 is 11.9 Å². The maximum absolute atomic E-state index is 13.2. The second-order valence-electron chi connectivity index (χ2n) is 7.19. The van der Waals surface area contributed by atoms with E-state index in [1.165, 1.54) is 11.3 Å². The van der Waals surface area contributed by atoms with Gasteiger partial charge in [-0.05, 0) is 24.8 Å². The molecular formula is C19H26N2O3S. The molecule has 0 radical (unpaired) electrons. The largest absolute Gasteiger partial charge is 0.481 e. The Morgan fingerprint density at radius 2 is 2.12 bits per heavy atom. The highest BCUT2D eigenvalue weighted by atomic mass is 32.1. The number of carboxylic acids is 1. The molecule has 5 nitrogen and oxygen atoms in total. The standard InChI is InChI=1S/C19H26N2O3S/c1-4-5-6-7-10-21-16(11(2)3)20-17-15(18(21)22)14-12(19(23)24)8-9-13(14)25-17/h11-12H,4-10H2,1-3H3,(H,23,24). The van der Waals surface area contributed by atoms with Crippen molar-refractivity contribution < 1.29 is 9.90 Å². The van der Waals surface area contributed by atoms with Crippen LogP contribution in [0.3, 0.4) is 0 Å². The van der Waals surface area contributed by atoms with E-state index in [4.69, 9.17) is 4.98 Å². The number of hydrogen-bond donors (Lipinski definition) is 1. The summed E-state index contributed by atoms with van der Waals surface area (Å²) >= 11 is 1.51. The van der Waals surface area contributed by atoms with E-state index in [0.717, 1.165) is 53.2 Å². The van der Waals surface area contributed by atoms with Crippen molar-refractivity contribution in [3.05, 3.63) is 26.6 Å². The molecule has 1 unspecified atom stereocenters. The van der Waals surface area contributed by atoms with Crippen molar-refractivity contribution in [1.82, 2.24) is 9.55 Å². The lowest BCUT2D eigenvalue weighted by Gasteiger charge is -2.15. The highest BCUT2D eigenvalue weighted by Gasteiger charge is 2.34. The Morgan fingerprint density at radius 3 is 2.76 bits per heavy atom. The van der Waals surface area contributed by atoms with Crippen molar-refractivity contribution in [2.45, 2.75) is 77.7 Å². The van der Waals surface area contributed by atoms with Gasteiger partial charge in [0, 0.05) is 17.3 Å². The Hall–Kier alpha value is -1.69. The predicted molar refractivity (Wildman–Crippen MR) is 101 cm³/mol. The van der Waals surface area contributed by atoms with Crippen molar-refractivity contribution >= 4 is 27.5 Å². The van der Waals surface area contributed by atoms with Crippen LogP contribution in [0.5, 0.6) is 0 Å². The number of aromatic nitrogens is 2. The highest BCUT2D eigenvalue weighted by molar-refractivity contribution is 7.18. The van der Waals surface area contributed by atoms with Gasteiger partial charge in [0.1, 0.15) is 10.7 Å². The lowest BCUT2D eigenvalue weighted by atomic mass is 10.0. The second-order valence-corrected chi connectivity index (χ2v) is 8.27. The fraction of sp³-hybridized carbons (Fsp3) is 0.632. The van der Waals surface area contributed by atoms with E-state index in [2.05, 4.69) is 20.8 Å². The lowest BCUT2D eigenvalue weighted by molar-refractivity contribution is -0.138. The average Bonchev–Trinajstić information content (AvgIpc) is 3.11. The van der Waals surface area contributed by atoms with Gasteiger partial charge in [-0.3, -0.25) is 14.2 Å². The Labute approximate surface area is 151 Å². The summed E-state index contributed by atoms with van der Waals surface area (Å²) in [6.07, 6.45) is 5.69. The molecule has 0 bridgehead atoms. The number of unbranched alkanes of at least 4 members (excludes halogenated alkanes) is 3. The van der Waals surface area contributed by atoms with E-state index in [-0.39, 0.29) is 11.5 Å². The molecule has 0 aromatic carbocycles. The number of rotatable bonds is 7. The van der Waals surface area contributed by atoms with Crippen molar-refractivity contribution in [2.24, 2.45) is 0 Å². The predicted octanol–water partition coefficient (Wildman–Crippen LogP) is 4.28. The first-order valence-corrected chi connectivity index (χ1v) is 10.1. The monoisotopic (exact) mass is 362 g/mol. The molecule has 0 saturated carbocycles. The molecule has 6 heteroatoms. The van der Waals surface area contributed by atoms with Gasteiger partial charge in [0.15, 0.2) is 0 Å². The molecule has 0 fully saturated rings. The summed E-state index contributed by atoms with van der Waals surface area (Å²) < 4.78 is 1.80. The quantitative estimate of drug-likeness (QED) is 0.746. The number of carboxylic acid groups (broad SMARTS) is 1. The fourth-order valence-corrected chi connectivity index (χ4v) is 4.99. The molecule has 1 N–H and O–H groups in total. The van der Waals surface area contributed by atoms with Crippen LogP contribution in [0.15, 0.2) is 4.79 Å². The minimum Gasteiger partial charge on any atom is -0.481 e. The Balaban J connectivity index is 2.12. The Morgan fingerprint density at radius 1 is 1.36 bits per heavy atom. The molecule has 0 amide bonds. The Kier molecular flexibility index (Phi) is 5.27. The number of thiophene rings is 1. The van der Waals surface area contributed by atoms with Crippen LogP contribution >= 0.6 is 11.3 Å². The van der Waals surface area contributed by atoms with Gasteiger partial charge in [0.2, 0.25) is 0 Å². The van der Waals surface area contributed by atoms with Crippen LogP contribution in [0.25, 0.3) is 10.2 Å². The third-order valence-corrected chi connectivity index (χ3v) is 6.17. The van der Waals surface area contributed by atoms with E-state index >= 15 is 0 Å². The third kappa shape index (κ3) is 3.24. The molecule has 2 heterocycles. The summed E-state index contributed by atoms with van der Waals surface area (Å²) in [4.78, 5) is 31.4. The van der Waals surface area contributed by atoms with Gasteiger partial charge in [-0.2, -0.15) is 0 Å². The van der Waals surface area contributed by atoms with Gasteiger partial charge in [0.05, 0.1) is 11.3 Å². The number of nitrogens with zero attached hydrogens (tertiary/aromatic N) is 2. The molecule has 0 spiro atoms. The van der Waals surface area contributed by atoms with E-state index in [0.29, 0.717) is 18.4 Å². The number of fused-ring (bicyclic) bond motifs is 3. The van der Waals surface area contributed by atoms with Gasteiger partial charge < -0.3 is 5.11 Å². The van der Waals surface area contributed by atoms with Crippen LogP contribution in [-0.2, 0) is 17.8 Å². The summed E-state index contributed by atoms with van der Waals surface area (Å²) in [6.45, 7) is 6.94. The van der Waals surface area contributed by atoms with Gasteiger partial charge >= 0.3 is 5.97 Å². The number of aliphatic carboxylic acids is 1. The maximum Gasteiger partial charge on any atom is 0.311 e. The minimum absolute atomic E-state index is 0.0455. The first-order valence-electron chi connectivity index (χ1n) is 9.24. The summed E-state index contributed by atoms with van der Waals surface area (Å²) in [5.74, 6) is -0.409. The number of aryl methyl sites for hydroxylation is 1. The van der Waals surface area contributed by atoms with E-state index in [9.17, 15) is 14.7 Å². The summed E-state index contributed by atoms with van der Waals surface area (Å²) in [5.41, 5.74) is 0.693. The van der Waals surface area contributed by atoms with Crippen molar-refractivity contribution in [3.8, 4) is 0 Å². The van der Waals surface area contributed by atoms with Gasteiger partial charge in [-0.1, -0.05) is 40.0 Å². The average molecular weight is 362 g/mol. The molecule has 1 atom stereocenters. The van der Waals surface area contributed by atoms with Crippen LogP contribution in [0.1, 0.15) is 81.0 Å². The van der Waals surface area contributed by atoms with Crippen molar-refractivity contribution in [3.63, 3.8) is 0 Å². The van der Waals surface area contributed by atoms with Crippen LogP contribution in [0.2, 0.25) is 0 Å². The van der Waals surface area contributed by atoms with Crippen LogP contribution in [0.4, 0.5) is 0 Å². The normalized spacial score (nSPS) is 16.7. The van der Waals surface area contributed by atoms with Crippen molar-refractivity contribution in [1.29, 1.82) is 0 Å². The summed E-state index contributed by atoms with van der Waals surface area (Å²) in [7, 11) is 0. The molecular weight excluding hydrogens is 336 g/mol. The second kappa shape index (κ2) is 7.28. The SMILES string of the molecule is CCCCCCn1c(C(C)C)nc2sc3c(c2c1=O)C(C(=O)O)CC3. The molecule has 25 heavy (non-hydrogen) atoms. The van der Waals surface area contributed by atoms with Gasteiger partial charge in [0.25, 0.3) is 5.56 Å². The summed E-state index contributed by atoms with van der Waals surface area (Å²) in [6, 6.07) is 0. The smallest absolute Gasteiger partial charge is 0.311 e. The van der Waals surface area contributed by atoms with Gasteiger partial charge in [-0.25, -0.2) is 4.98 Å². The first-order chi connectivity index (χ1) is 12.0. The molecule has 136 valence electrons. The molecule has 2 aromatic heterocycles. The topological polar surface area (TPSA) is 72.2 Å². The molecule has 1 aliphatic rings. The van der Waals surface area contributed by atoms with Crippen LogP contribution in [-0.4, -0.2) is 20.6 Å². The first kappa shape index (κ1) is 18.1. The molecule has 3 rings (SSSR count). The maximum atomic E-state index is 13.2. The highest BCUT2D eigenvalue weighted by Crippen LogP contribution is 2.42. The zero-order valence-electron chi connectivity index (χ0n) is 15.2. The summed E-state index contributed by atoms with van der Waals surface area (Å²) in [5, 5.41) is 10.1. The zero-order valence-corrected chi connectivity index (χ0v) is 16.0. The van der Waals surface area contributed by atoms with Crippen molar-refractivity contribution in [2.75, 3.05) is 0 Å². The van der Waals surface area contributed by atoms with Crippen LogP contribution < -0.4 is 5.56 Å². The third-order valence-electron chi connectivity index (χ3n) is 5.01. The minimum atomic E-state index is -0.833. The van der Waals surface area contributed by atoms with Crippen LogP contribution in [0, 0.1) is 0 Å². The Bertz CT molecular complexity index is 850. The lowest BCUT2D eigenvalue weighted by Crippen LogP contribution is -2.27.